The number of nitrogens with zero attached hydrogens (tertiary/aromatic N) is 4. The van der Waals surface area contributed by atoms with Gasteiger partial charge in [0, 0.05) is 38.4 Å². The number of rotatable bonds is 4. The van der Waals surface area contributed by atoms with Gasteiger partial charge >= 0.3 is 0 Å². The van der Waals surface area contributed by atoms with E-state index in [1.54, 1.807) is 24.4 Å². The van der Waals surface area contributed by atoms with Crippen molar-refractivity contribution in [3.63, 3.8) is 0 Å². The molecule has 2 heterocycles. The summed E-state index contributed by atoms with van der Waals surface area (Å²) in [5, 5.41) is 2.83. The number of hydrogen-bond donors (Lipinski definition) is 1. The molecular formula is C18H22FN5O. The predicted octanol–water partition coefficient (Wildman–Crippen LogP) is 2.08. The molecule has 7 heteroatoms. The molecule has 0 radical (unpaired) electrons. The molecule has 1 saturated heterocycles. The summed E-state index contributed by atoms with van der Waals surface area (Å²) in [7, 11) is 0. The molecule has 1 aromatic carbocycles. The second kappa shape index (κ2) is 7.46. The maximum absolute atomic E-state index is 13.9. The summed E-state index contributed by atoms with van der Waals surface area (Å²) in [5.74, 6) is 0.118. The lowest BCUT2D eigenvalue weighted by atomic mass is 10.2. The molecule has 1 N–H and O–H groups in total. The van der Waals surface area contributed by atoms with Crippen LogP contribution in [-0.4, -0.2) is 48.1 Å². The first kappa shape index (κ1) is 17.1. The quantitative estimate of drug-likeness (QED) is 0.921. The van der Waals surface area contributed by atoms with Gasteiger partial charge in [0.2, 0.25) is 5.95 Å². The molecule has 0 unspecified atom stereocenters. The number of benzene rings is 1. The minimum atomic E-state index is -0.209. The van der Waals surface area contributed by atoms with E-state index in [0.29, 0.717) is 43.5 Å². The Hall–Kier alpha value is -2.70. The number of para-hydroxylation sites is 1. The van der Waals surface area contributed by atoms with E-state index in [0.717, 1.165) is 0 Å². The highest BCUT2D eigenvalue weighted by Gasteiger charge is 2.21. The maximum Gasteiger partial charge on any atom is 0.270 e. The van der Waals surface area contributed by atoms with Crippen molar-refractivity contribution in [3.05, 3.63) is 48.0 Å². The van der Waals surface area contributed by atoms with Crippen LogP contribution in [0.4, 0.5) is 16.0 Å². The van der Waals surface area contributed by atoms with Crippen molar-refractivity contribution in [1.29, 1.82) is 0 Å². The van der Waals surface area contributed by atoms with Crippen LogP contribution in [0.25, 0.3) is 0 Å². The number of nitrogens with one attached hydrogen (secondary N) is 1. The summed E-state index contributed by atoms with van der Waals surface area (Å²) in [5.41, 5.74) is 0.975. The maximum atomic E-state index is 13.9. The van der Waals surface area contributed by atoms with E-state index in [9.17, 15) is 9.18 Å². The normalized spacial score (nSPS) is 14.7. The van der Waals surface area contributed by atoms with E-state index in [-0.39, 0.29) is 17.8 Å². The zero-order valence-corrected chi connectivity index (χ0v) is 14.4. The molecular weight excluding hydrogens is 321 g/mol. The molecule has 25 heavy (non-hydrogen) atoms. The Morgan fingerprint density at radius 3 is 2.48 bits per heavy atom. The second-order valence-electron chi connectivity index (χ2n) is 6.30. The lowest BCUT2D eigenvalue weighted by Gasteiger charge is -2.36. The lowest BCUT2D eigenvalue weighted by Crippen LogP contribution is -2.47. The Kier molecular flexibility index (Phi) is 5.11. The molecule has 0 aliphatic carbocycles. The molecule has 0 saturated carbocycles. The Balaban J connectivity index is 1.67. The fourth-order valence-corrected chi connectivity index (χ4v) is 2.82. The summed E-state index contributed by atoms with van der Waals surface area (Å²) < 4.78 is 13.9. The molecule has 132 valence electrons. The standard InChI is InChI=1S/C18H22FN5O/c1-13(2)21-17(25)15-7-8-20-18(22-15)24-11-9-23(10-12-24)16-6-4-3-5-14(16)19/h3-8,13H,9-12H2,1-2H3,(H,21,25). The zero-order valence-electron chi connectivity index (χ0n) is 14.4. The molecule has 1 aromatic heterocycles. The van der Waals surface area contributed by atoms with Crippen LogP contribution < -0.4 is 15.1 Å². The van der Waals surface area contributed by atoms with E-state index in [4.69, 9.17) is 0 Å². The van der Waals surface area contributed by atoms with Crippen molar-refractivity contribution in [2.24, 2.45) is 0 Å². The smallest absolute Gasteiger partial charge is 0.270 e. The van der Waals surface area contributed by atoms with Gasteiger partial charge in [-0.3, -0.25) is 4.79 Å². The average Bonchev–Trinajstić information content (AvgIpc) is 2.62. The van der Waals surface area contributed by atoms with Gasteiger partial charge in [0.15, 0.2) is 0 Å². The molecule has 3 rings (SSSR count). The number of carbonyl (C=O) groups excluding carboxylic acids is 1. The summed E-state index contributed by atoms with van der Waals surface area (Å²) in [6.45, 7) is 6.50. The summed E-state index contributed by atoms with van der Waals surface area (Å²) in [6, 6.07) is 8.45. The predicted molar refractivity (Wildman–Crippen MR) is 95.5 cm³/mol. The Morgan fingerprint density at radius 2 is 1.80 bits per heavy atom. The first-order chi connectivity index (χ1) is 12.0. The molecule has 6 nitrogen and oxygen atoms in total. The first-order valence-corrected chi connectivity index (χ1v) is 8.43. The van der Waals surface area contributed by atoms with Gasteiger partial charge in [0.25, 0.3) is 5.91 Å². The van der Waals surface area contributed by atoms with Crippen molar-refractivity contribution in [2.75, 3.05) is 36.0 Å². The van der Waals surface area contributed by atoms with Crippen LogP contribution in [-0.2, 0) is 0 Å². The zero-order chi connectivity index (χ0) is 17.8. The van der Waals surface area contributed by atoms with Crippen molar-refractivity contribution in [2.45, 2.75) is 19.9 Å². The van der Waals surface area contributed by atoms with Crippen molar-refractivity contribution in [3.8, 4) is 0 Å². The number of piperazine rings is 1. The van der Waals surface area contributed by atoms with Gasteiger partial charge in [-0.25, -0.2) is 14.4 Å². The number of aromatic nitrogens is 2. The molecule has 1 fully saturated rings. The van der Waals surface area contributed by atoms with Gasteiger partial charge in [-0.15, -0.1) is 0 Å². The Morgan fingerprint density at radius 1 is 1.12 bits per heavy atom. The van der Waals surface area contributed by atoms with Gasteiger partial charge < -0.3 is 15.1 Å². The minimum Gasteiger partial charge on any atom is -0.366 e. The summed E-state index contributed by atoms with van der Waals surface area (Å²) in [6.07, 6.45) is 1.60. The van der Waals surface area contributed by atoms with Crippen molar-refractivity contribution < 1.29 is 9.18 Å². The molecule has 2 aromatic rings. The fourth-order valence-electron chi connectivity index (χ4n) is 2.82. The average molecular weight is 343 g/mol. The minimum absolute atomic E-state index is 0.0511. The van der Waals surface area contributed by atoms with Gasteiger partial charge in [0.05, 0.1) is 5.69 Å². The van der Waals surface area contributed by atoms with Crippen LogP contribution in [0.1, 0.15) is 24.3 Å². The Bertz CT molecular complexity index is 744. The van der Waals surface area contributed by atoms with E-state index in [2.05, 4.69) is 15.3 Å². The van der Waals surface area contributed by atoms with E-state index in [1.807, 2.05) is 29.7 Å². The van der Waals surface area contributed by atoms with E-state index in [1.165, 1.54) is 6.07 Å². The third-order valence-corrected chi connectivity index (χ3v) is 4.05. The number of carbonyl (C=O) groups is 1. The molecule has 1 amide bonds. The number of hydrogen-bond acceptors (Lipinski definition) is 5. The fraction of sp³-hybridized carbons (Fsp3) is 0.389. The topological polar surface area (TPSA) is 61.4 Å². The highest BCUT2D eigenvalue weighted by molar-refractivity contribution is 5.92. The summed E-state index contributed by atoms with van der Waals surface area (Å²) in [4.78, 5) is 24.8. The van der Waals surface area contributed by atoms with Gasteiger partial charge in [-0.05, 0) is 32.0 Å². The molecule has 0 bridgehead atoms. The number of amides is 1. The van der Waals surface area contributed by atoms with Crippen LogP contribution in [0.3, 0.4) is 0 Å². The molecule has 1 aliphatic rings. The summed E-state index contributed by atoms with van der Waals surface area (Å²) >= 11 is 0. The molecule has 1 aliphatic heterocycles. The molecule has 0 spiro atoms. The van der Waals surface area contributed by atoms with Crippen molar-refractivity contribution >= 4 is 17.5 Å². The van der Waals surface area contributed by atoms with Crippen LogP contribution in [0.2, 0.25) is 0 Å². The second-order valence-corrected chi connectivity index (χ2v) is 6.30. The van der Waals surface area contributed by atoms with Crippen LogP contribution in [0.15, 0.2) is 36.5 Å². The number of anilines is 2. The van der Waals surface area contributed by atoms with Crippen LogP contribution in [0, 0.1) is 5.82 Å². The van der Waals surface area contributed by atoms with Gasteiger partial charge in [-0.2, -0.15) is 0 Å². The van der Waals surface area contributed by atoms with Crippen LogP contribution >= 0.6 is 0 Å². The highest BCUT2D eigenvalue weighted by Crippen LogP contribution is 2.21. The lowest BCUT2D eigenvalue weighted by molar-refractivity contribution is 0.0938. The third kappa shape index (κ3) is 4.04. The van der Waals surface area contributed by atoms with E-state index >= 15 is 0 Å². The monoisotopic (exact) mass is 343 g/mol. The van der Waals surface area contributed by atoms with E-state index < -0.39 is 0 Å². The van der Waals surface area contributed by atoms with Gasteiger partial charge in [0.1, 0.15) is 11.5 Å². The SMILES string of the molecule is CC(C)NC(=O)c1ccnc(N2CCN(c3ccccc3F)CC2)n1. The van der Waals surface area contributed by atoms with Gasteiger partial charge in [-0.1, -0.05) is 12.1 Å². The third-order valence-electron chi connectivity index (χ3n) is 4.05. The van der Waals surface area contributed by atoms with Crippen molar-refractivity contribution in [1.82, 2.24) is 15.3 Å². The molecule has 0 atom stereocenters. The Labute approximate surface area is 146 Å². The highest BCUT2D eigenvalue weighted by atomic mass is 19.1. The first-order valence-electron chi connectivity index (χ1n) is 8.43. The van der Waals surface area contributed by atoms with Crippen LogP contribution in [0.5, 0.6) is 0 Å². The number of halogens is 1. The largest absolute Gasteiger partial charge is 0.366 e.